The predicted molar refractivity (Wildman–Crippen MR) is 108 cm³/mol. The van der Waals surface area contributed by atoms with E-state index < -0.39 is 0 Å². The molecule has 0 bridgehead atoms. The quantitative estimate of drug-likeness (QED) is 0.505. The second-order valence-electron chi connectivity index (χ2n) is 6.73. The van der Waals surface area contributed by atoms with Crippen LogP contribution in [-0.2, 0) is 9.53 Å². The first-order valence-electron chi connectivity index (χ1n) is 9.12. The number of esters is 1. The lowest BCUT2D eigenvalue weighted by atomic mass is 10.0. The highest BCUT2D eigenvalue weighted by Crippen LogP contribution is 2.30. The maximum absolute atomic E-state index is 12.2. The number of ether oxygens (including phenoxy) is 1. The maximum Gasteiger partial charge on any atom is 0.310 e. The van der Waals surface area contributed by atoms with Crippen molar-refractivity contribution in [3.63, 3.8) is 0 Å². The van der Waals surface area contributed by atoms with Crippen LogP contribution in [0.4, 0.5) is 0 Å². The Hall–Kier alpha value is -2.93. The Bertz CT molecular complexity index is 1170. The number of carbonyl (C=O) groups excluding carboxylic acids is 1. The van der Waals surface area contributed by atoms with E-state index >= 15 is 0 Å². The highest BCUT2D eigenvalue weighted by atomic mass is 35.5. The number of pyridine rings is 1. The first kappa shape index (κ1) is 18.4. The molecule has 0 radical (unpaired) electrons. The zero-order chi connectivity index (χ0) is 19.8. The van der Waals surface area contributed by atoms with Crippen molar-refractivity contribution in [1.82, 2.24) is 24.5 Å². The lowest BCUT2D eigenvalue weighted by Crippen LogP contribution is -2.24. The molecule has 4 heterocycles. The molecule has 0 aliphatic rings. The molecule has 0 saturated heterocycles. The highest BCUT2D eigenvalue weighted by Gasteiger charge is 2.24. The molecule has 8 heteroatoms. The Morgan fingerprint density at radius 2 is 2.14 bits per heavy atom. The fraction of sp³-hybridized carbons (Fsp3) is 0.300. The molecular weight excluding hydrogens is 378 g/mol. The average Bonchev–Trinajstić information content (AvgIpc) is 3.30. The molecule has 4 aromatic rings. The molecule has 4 rings (SSSR count). The van der Waals surface area contributed by atoms with Crippen molar-refractivity contribution < 1.29 is 9.53 Å². The molecule has 4 aromatic heterocycles. The summed E-state index contributed by atoms with van der Waals surface area (Å²) in [5, 5.41) is 2.32. The van der Waals surface area contributed by atoms with Gasteiger partial charge in [-0.05, 0) is 32.9 Å². The first-order valence-corrected chi connectivity index (χ1v) is 9.50. The number of hydrogen-bond donors (Lipinski definition) is 1. The van der Waals surface area contributed by atoms with E-state index in [1.165, 1.54) is 0 Å². The number of aromatic nitrogens is 5. The van der Waals surface area contributed by atoms with Gasteiger partial charge in [0.05, 0.1) is 17.5 Å². The zero-order valence-electron chi connectivity index (χ0n) is 15.8. The normalized spacial score (nSPS) is 13.7. The zero-order valence-corrected chi connectivity index (χ0v) is 16.6. The topological polar surface area (TPSA) is 85.7 Å². The minimum atomic E-state index is -0.301. The number of nitrogens with zero attached hydrogens (tertiary/aromatic N) is 4. The van der Waals surface area contributed by atoms with Gasteiger partial charge in [0.15, 0.2) is 5.82 Å². The summed E-state index contributed by atoms with van der Waals surface area (Å²) in [4.78, 5) is 28.8. The summed E-state index contributed by atoms with van der Waals surface area (Å²) in [6, 6.07) is 3.67. The fourth-order valence-corrected chi connectivity index (χ4v) is 3.43. The molecule has 0 aliphatic heterocycles. The van der Waals surface area contributed by atoms with E-state index in [0.29, 0.717) is 17.5 Å². The number of hydrogen-bond acceptors (Lipinski definition) is 5. The smallest absolute Gasteiger partial charge is 0.310 e. The lowest BCUT2D eigenvalue weighted by molar-refractivity contribution is -0.148. The van der Waals surface area contributed by atoms with Crippen molar-refractivity contribution in [3.8, 4) is 11.4 Å². The van der Waals surface area contributed by atoms with Gasteiger partial charge in [-0.2, -0.15) is 0 Å². The number of rotatable bonds is 5. The number of fused-ring (bicyclic) bond motifs is 2. The third-order valence-electron chi connectivity index (χ3n) is 5.01. The van der Waals surface area contributed by atoms with E-state index in [9.17, 15) is 4.79 Å². The van der Waals surface area contributed by atoms with Gasteiger partial charge in [0, 0.05) is 47.2 Å². The Morgan fingerprint density at radius 3 is 2.93 bits per heavy atom. The average molecular weight is 398 g/mol. The molecule has 0 saturated carbocycles. The molecule has 28 heavy (non-hydrogen) atoms. The number of H-pyrrole nitrogens is 1. The molecule has 1 N–H and O–H groups in total. The maximum atomic E-state index is 12.2. The van der Waals surface area contributed by atoms with Gasteiger partial charge >= 0.3 is 5.97 Å². The second-order valence-corrected chi connectivity index (χ2v) is 7.17. The van der Waals surface area contributed by atoms with Crippen LogP contribution in [0.1, 0.15) is 26.8 Å². The Balaban J connectivity index is 1.78. The molecule has 0 aliphatic carbocycles. The van der Waals surface area contributed by atoms with E-state index in [1.807, 2.05) is 49.9 Å². The van der Waals surface area contributed by atoms with E-state index in [0.717, 1.165) is 27.6 Å². The highest BCUT2D eigenvalue weighted by molar-refractivity contribution is 6.31. The second kappa shape index (κ2) is 7.24. The van der Waals surface area contributed by atoms with Crippen LogP contribution in [0.5, 0.6) is 0 Å². The summed E-state index contributed by atoms with van der Waals surface area (Å²) in [5.41, 5.74) is 2.31. The minimum absolute atomic E-state index is 0.113. The van der Waals surface area contributed by atoms with Crippen LogP contribution >= 0.6 is 11.6 Å². The van der Waals surface area contributed by atoms with Crippen LogP contribution in [-0.4, -0.2) is 37.1 Å². The van der Waals surface area contributed by atoms with Crippen molar-refractivity contribution in [2.24, 2.45) is 5.92 Å². The van der Waals surface area contributed by atoms with Gasteiger partial charge in [0.2, 0.25) is 0 Å². The molecular formula is C20H20ClN5O2. The summed E-state index contributed by atoms with van der Waals surface area (Å²) in [5.74, 6) is 0.0484. The van der Waals surface area contributed by atoms with E-state index in [-0.39, 0.29) is 17.9 Å². The summed E-state index contributed by atoms with van der Waals surface area (Å²) >= 11 is 6.10. The van der Waals surface area contributed by atoms with E-state index in [1.54, 1.807) is 12.4 Å². The standard InChI is InChI=1S/C20H20ClN5O2/c1-4-28-20(27)11(2)12(3)26-6-5-13-8-22-18(25-19(13)26)16-10-24-17-15(16)7-14(21)9-23-17/h5-12H,4H2,1-3H3,(H,23,24)/t11-,12-/m0/s1. The van der Waals surface area contributed by atoms with Crippen LogP contribution in [0.2, 0.25) is 5.02 Å². The molecule has 0 unspecified atom stereocenters. The van der Waals surface area contributed by atoms with Gasteiger partial charge in [-0.25, -0.2) is 15.0 Å². The Kier molecular flexibility index (Phi) is 4.77. The predicted octanol–water partition coefficient (Wildman–Crippen LogP) is 4.39. The van der Waals surface area contributed by atoms with Crippen LogP contribution in [0.3, 0.4) is 0 Å². The SMILES string of the molecule is CCOC(=O)[C@@H](C)[C@H](C)n1ccc2cnc(-c3c[nH]c4ncc(Cl)cc34)nc21. The van der Waals surface area contributed by atoms with Gasteiger partial charge in [0.25, 0.3) is 0 Å². The summed E-state index contributed by atoms with van der Waals surface area (Å²) in [6.45, 7) is 6.02. The summed E-state index contributed by atoms with van der Waals surface area (Å²) in [6.07, 6.45) is 7.13. The van der Waals surface area contributed by atoms with Gasteiger partial charge in [-0.3, -0.25) is 4.79 Å². The van der Waals surface area contributed by atoms with Crippen LogP contribution in [0.15, 0.2) is 36.9 Å². The number of carbonyl (C=O) groups is 1. The van der Waals surface area contributed by atoms with Gasteiger partial charge in [-0.15, -0.1) is 0 Å². The third kappa shape index (κ3) is 3.11. The van der Waals surface area contributed by atoms with Gasteiger partial charge in [0.1, 0.15) is 11.3 Å². The molecule has 0 spiro atoms. The monoisotopic (exact) mass is 397 g/mol. The van der Waals surface area contributed by atoms with Crippen molar-refractivity contribution in [1.29, 1.82) is 0 Å². The van der Waals surface area contributed by atoms with Crippen molar-refractivity contribution in [2.75, 3.05) is 6.61 Å². The van der Waals surface area contributed by atoms with E-state index in [4.69, 9.17) is 21.3 Å². The number of halogens is 1. The minimum Gasteiger partial charge on any atom is -0.466 e. The van der Waals surface area contributed by atoms with Crippen molar-refractivity contribution in [3.05, 3.63) is 41.9 Å². The first-order chi connectivity index (χ1) is 13.5. The van der Waals surface area contributed by atoms with Gasteiger partial charge < -0.3 is 14.3 Å². The number of nitrogens with one attached hydrogen (secondary N) is 1. The summed E-state index contributed by atoms with van der Waals surface area (Å²) < 4.78 is 7.16. The Morgan fingerprint density at radius 1 is 1.32 bits per heavy atom. The number of aromatic amines is 1. The fourth-order valence-electron chi connectivity index (χ4n) is 3.27. The summed E-state index contributed by atoms with van der Waals surface area (Å²) in [7, 11) is 0. The van der Waals surface area contributed by atoms with Crippen LogP contribution in [0, 0.1) is 5.92 Å². The largest absolute Gasteiger partial charge is 0.466 e. The van der Waals surface area contributed by atoms with Crippen molar-refractivity contribution >= 4 is 39.6 Å². The molecule has 0 fully saturated rings. The lowest BCUT2D eigenvalue weighted by Gasteiger charge is -2.20. The van der Waals surface area contributed by atoms with Crippen molar-refractivity contribution in [2.45, 2.75) is 26.8 Å². The molecule has 0 aromatic carbocycles. The van der Waals surface area contributed by atoms with E-state index in [2.05, 4.69) is 15.0 Å². The molecule has 2 atom stereocenters. The van der Waals surface area contributed by atoms with Gasteiger partial charge in [-0.1, -0.05) is 11.6 Å². The third-order valence-corrected chi connectivity index (χ3v) is 5.22. The molecule has 7 nitrogen and oxygen atoms in total. The molecule has 0 amide bonds. The Labute approximate surface area is 166 Å². The van der Waals surface area contributed by atoms with Crippen LogP contribution in [0.25, 0.3) is 33.5 Å². The molecule has 144 valence electrons. The van der Waals surface area contributed by atoms with Crippen LogP contribution < -0.4 is 0 Å².